The number of fused-ring (bicyclic) bond motifs is 1. The van der Waals surface area contributed by atoms with Crippen molar-refractivity contribution in [3.63, 3.8) is 0 Å². The summed E-state index contributed by atoms with van der Waals surface area (Å²) in [4.78, 5) is 16.2. The van der Waals surface area contributed by atoms with E-state index in [1.807, 2.05) is 54.6 Å². The van der Waals surface area contributed by atoms with Gasteiger partial charge in [0, 0.05) is 18.1 Å². The Bertz CT molecular complexity index is 897. The van der Waals surface area contributed by atoms with Crippen molar-refractivity contribution < 1.29 is 9.53 Å². The average molecular weight is 366 g/mol. The second kappa shape index (κ2) is 8.77. The topological polar surface area (TPSA) is 75.3 Å². The summed E-state index contributed by atoms with van der Waals surface area (Å²) in [5, 5.41) is 4.29. The van der Waals surface area contributed by atoms with Crippen LogP contribution in [-0.4, -0.2) is 22.6 Å². The molecule has 0 atom stereocenters. The zero-order chi connectivity index (χ0) is 18.2. The zero-order valence-corrected chi connectivity index (χ0v) is 14.8. The first-order chi connectivity index (χ1) is 12.7. The van der Waals surface area contributed by atoms with Crippen molar-refractivity contribution in [2.24, 2.45) is 0 Å². The smallest absolute Gasteiger partial charge is 0.276 e. The second-order valence-electron chi connectivity index (χ2n) is 5.46. The number of carbonyl (C=O) groups is 1. The van der Waals surface area contributed by atoms with E-state index < -0.39 is 0 Å². The van der Waals surface area contributed by atoms with Crippen LogP contribution in [0.3, 0.4) is 0 Å². The van der Waals surface area contributed by atoms with Gasteiger partial charge in [0.05, 0.1) is 0 Å². The minimum atomic E-state index is -0.346. The van der Waals surface area contributed by atoms with Crippen LogP contribution in [-0.2, 0) is 11.3 Å². The highest BCUT2D eigenvalue weighted by atomic mass is 32.1. The van der Waals surface area contributed by atoms with Crippen LogP contribution in [0, 0.1) is 0 Å². The van der Waals surface area contributed by atoms with Crippen LogP contribution >= 0.6 is 12.2 Å². The first-order valence-electron chi connectivity index (χ1n) is 8.05. The van der Waals surface area contributed by atoms with Crippen molar-refractivity contribution >= 4 is 34.1 Å². The summed E-state index contributed by atoms with van der Waals surface area (Å²) >= 11 is 5.12. The Balaban J connectivity index is 1.43. The first kappa shape index (κ1) is 17.6. The van der Waals surface area contributed by atoms with Crippen LogP contribution in [0.15, 0.2) is 66.9 Å². The van der Waals surface area contributed by atoms with Gasteiger partial charge in [-0.15, -0.1) is 0 Å². The summed E-state index contributed by atoms with van der Waals surface area (Å²) in [5.74, 6) is 0.213. The van der Waals surface area contributed by atoms with Crippen molar-refractivity contribution in [3.8, 4) is 5.75 Å². The molecule has 0 unspecified atom stereocenters. The number of rotatable bonds is 5. The molecule has 1 heterocycles. The third-order valence-corrected chi connectivity index (χ3v) is 3.81. The summed E-state index contributed by atoms with van der Waals surface area (Å²) in [6, 6.07) is 19.2. The number of hydrazine groups is 1. The van der Waals surface area contributed by atoms with E-state index in [0.717, 1.165) is 16.5 Å². The van der Waals surface area contributed by atoms with E-state index in [1.165, 1.54) is 0 Å². The van der Waals surface area contributed by atoms with E-state index in [1.54, 1.807) is 12.3 Å². The molecular formula is C19H18N4O2S. The minimum Gasteiger partial charge on any atom is -0.481 e. The number of ether oxygens (including phenoxy) is 1. The number of hydrogen-bond acceptors (Lipinski definition) is 4. The zero-order valence-electron chi connectivity index (χ0n) is 13.9. The van der Waals surface area contributed by atoms with Crippen LogP contribution in [0.5, 0.6) is 5.75 Å². The van der Waals surface area contributed by atoms with Gasteiger partial charge in [-0.2, -0.15) is 0 Å². The van der Waals surface area contributed by atoms with Gasteiger partial charge >= 0.3 is 0 Å². The molecule has 0 bridgehead atoms. The lowest BCUT2D eigenvalue weighted by Gasteiger charge is -2.12. The van der Waals surface area contributed by atoms with Crippen LogP contribution in [0.25, 0.3) is 10.9 Å². The van der Waals surface area contributed by atoms with Gasteiger partial charge < -0.3 is 10.1 Å². The Labute approximate surface area is 156 Å². The number of benzene rings is 2. The molecule has 0 aliphatic heterocycles. The highest BCUT2D eigenvalue weighted by Gasteiger charge is 2.07. The number of para-hydroxylation sites is 1. The third kappa shape index (κ3) is 4.90. The number of aromatic nitrogens is 1. The highest BCUT2D eigenvalue weighted by Crippen LogP contribution is 2.22. The highest BCUT2D eigenvalue weighted by molar-refractivity contribution is 7.80. The molecule has 3 N–H and O–H groups in total. The first-order valence-corrected chi connectivity index (χ1v) is 8.46. The van der Waals surface area contributed by atoms with Gasteiger partial charge in [-0.1, -0.05) is 48.5 Å². The molecule has 7 heteroatoms. The molecule has 0 saturated heterocycles. The molecule has 0 radical (unpaired) electrons. The molecule has 6 nitrogen and oxygen atoms in total. The van der Waals surface area contributed by atoms with E-state index in [9.17, 15) is 4.79 Å². The van der Waals surface area contributed by atoms with Gasteiger partial charge in [0.1, 0.15) is 11.3 Å². The van der Waals surface area contributed by atoms with E-state index >= 15 is 0 Å². The van der Waals surface area contributed by atoms with Crippen LogP contribution in [0.1, 0.15) is 5.56 Å². The molecule has 132 valence electrons. The Morgan fingerprint density at radius 2 is 1.81 bits per heavy atom. The fourth-order valence-electron chi connectivity index (χ4n) is 2.32. The standard InChI is InChI=1S/C19H18N4O2S/c24-17(22-23-19(26)21-12-14-6-2-1-3-7-14)13-25-16-10-4-8-15-9-5-11-20-18(15)16/h1-11H,12-13H2,(H,22,24)(H2,21,23,26). The van der Waals surface area contributed by atoms with E-state index in [-0.39, 0.29) is 12.5 Å². The fourth-order valence-corrected chi connectivity index (χ4v) is 2.44. The van der Waals surface area contributed by atoms with Gasteiger partial charge in [-0.05, 0) is 29.9 Å². The maximum atomic E-state index is 11.9. The van der Waals surface area contributed by atoms with Crippen molar-refractivity contribution in [2.45, 2.75) is 6.54 Å². The largest absolute Gasteiger partial charge is 0.481 e. The molecule has 1 amide bonds. The number of pyridine rings is 1. The second-order valence-corrected chi connectivity index (χ2v) is 5.87. The maximum Gasteiger partial charge on any atom is 0.276 e. The Morgan fingerprint density at radius 1 is 1.00 bits per heavy atom. The average Bonchev–Trinajstić information content (AvgIpc) is 2.70. The third-order valence-electron chi connectivity index (χ3n) is 3.57. The lowest BCUT2D eigenvalue weighted by atomic mass is 10.2. The SMILES string of the molecule is O=C(COc1cccc2cccnc12)NNC(=S)NCc1ccccc1. The van der Waals surface area contributed by atoms with Gasteiger partial charge in [0.2, 0.25) is 0 Å². The minimum absolute atomic E-state index is 0.149. The lowest BCUT2D eigenvalue weighted by molar-refractivity contribution is -0.123. The van der Waals surface area contributed by atoms with Crippen molar-refractivity contribution in [1.82, 2.24) is 21.2 Å². The number of nitrogens with zero attached hydrogens (tertiary/aromatic N) is 1. The molecule has 3 aromatic rings. The lowest BCUT2D eigenvalue weighted by Crippen LogP contribution is -2.48. The van der Waals surface area contributed by atoms with E-state index in [2.05, 4.69) is 21.2 Å². The van der Waals surface area contributed by atoms with Crippen LogP contribution in [0.2, 0.25) is 0 Å². The van der Waals surface area contributed by atoms with Gasteiger partial charge in [0.25, 0.3) is 5.91 Å². The molecule has 1 aromatic heterocycles. The van der Waals surface area contributed by atoms with Gasteiger partial charge in [0.15, 0.2) is 11.7 Å². The molecule has 0 aliphatic carbocycles. The quantitative estimate of drug-likeness (QED) is 0.475. The molecule has 0 spiro atoms. The number of nitrogens with one attached hydrogen (secondary N) is 3. The number of carbonyl (C=O) groups excluding carboxylic acids is 1. The summed E-state index contributed by atoms with van der Waals surface area (Å²) in [5.41, 5.74) is 6.96. The van der Waals surface area contributed by atoms with Gasteiger partial charge in [-0.25, -0.2) is 0 Å². The van der Waals surface area contributed by atoms with Crippen molar-refractivity contribution in [3.05, 3.63) is 72.4 Å². The predicted octanol–water partition coefficient (Wildman–Crippen LogP) is 2.31. The van der Waals surface area contributed by atoms with Crippen LogP contribution in [0.4, 0.5) is 0 Å². The van der Waals surface area contributed by atoms with Gasteiger partial charge in [-0.3, -0.25) is 20.6 Å². The molecule has 2 aromatic carbocycles. The molecule has 0 aliphatic rings. The monoisotopic (exact) mass is 366 g/mol. The van der Waals surface area contributed by atoms with Crippen LogP contribution < -0.4 is 20.9 Å². The Morgan fingerprint density at radius 3 is 2.65 bits per heavy atom. The predicted molar refractivity (Wildman–Crippen MR) is 104 cm³/mol. The molecule has 0 saturated carbocycles. The summed E-state index contributed by atoms with van der Waals surface area (Å²) < 4.78 is 5.56. The summed E-state index contributed by atoms with van der Waals surface area (Å²) in [7, 11) is 0. The normalized spacial score (nSPS) is 10.2. The van der Waals surface area contributed by atoms with Crippen molar-refractivity contribution in [1.29, 1.82) is 0 Å². The maximum absolute atomic E-state index is 11.9. The fraction of sp³-hybridized carbons (Fsp3) is 0.105. The molecule has 26 heavy (non-hydrogen) atoms. The van der Waals surface area contributed by atoms with Crippen molar-refractivity contribution in [2.75, 3.05) is 6.61 Å². The number of amides is 1. The summed E-state index contributed by atoms with van der Waals surface area (Å²) in [6.07, 6.45) is 1.69. The summed E-state index contributed by atoms with van der Waals surface area (Å²) in [6.45, 7) is 0.421. The Hall–Kier alpha value is -3.19. The Kier molecular flexibility index (Phi) is 5.95. The molecule has 3 rings (SSSR count). The number of thiocarbonyl (C=S) groups is 1. The van der Waals surface area contributed by atoms with E-state index in [4.69, 9.17) is 17.0 Å². The number of hydrogen-bond donors (Lipinski definition) is 3. The van der Waals surface area contributed by atoms with E-state index in [0.29, 0.717) is 17.4 Å². The molecular weight excluding hydrogens is 348 g/mol. The molecule has 0 fully saturated rings.